The van der Waals surface area contributed by atoms with Crippen LogP contribution in [-0.4, -0.2) is 74.8 Å². The number of imidazole rings is 1. The third kappa shape index (κ3) is 13.8. The van der Waals surface area contributed by atoms with Gasteiger partial charge in [0, 0.05) is 91.3 Å². The van der Waals surface area contributed by atoms with Crippen molar-refractivity contribution in [2.24, 2.45) is 0 Å². The fourth-order valence-corrected chi connectivity index (χ4v) is 10.4. The molecule has 0 fully saturated rings. The molecule has 7 aromatic rings. The SMILES string of the molecule is CCN1C(=CC=Cc2n(CC)c3cc(Cl)c(Cl)cc3[n+]2CCCS(=O)(=O)[O-])N(CCCS(=O)(=O)[O-])c2cc(Cl)c(Cl)cc21.O=[N+]([O-])c1ccc(-[n+]2ccc(-c3cc[n+](-c4ccc([N+](=O)[O-])cc4[N+](=O)[O-])cc3)cc2)c([N+](=O)[O-])c1. The highest BCUT2D eigenvalue weighted by molar-refractivity contribution is 7.85. The molecule has 0 amide bonds. The van der Waals surface area contributed by atoms with Crippen molar-refractivity contribution in [3.8, 4) is 22.5 Å². The van der Waals surface area contributed by atoms with Gasteiger partial charge in [-0.2, -0.15) is 9.13 Å². The fourth-order valence-electron chi connectivity index (χ4n) is 8.75. The normalized spacial score (nSPS) is 13.0. The van der Waals surface area contributed by atoms with Gasteiger partial charge in [-0.15, -0.1) is 0 Å². The van der Waals surface area contributed by atoms with E-state index < -0.39 is 74.2 Å². The van der Waals surface area contributed by atoms with E-state index in [1.165, 1.54) is 33.4 Å². The summed E-state index contributed by atoms with van der Waals surface area (Å²) in [6.07, 6.45) is 11.9. The van der Waals surface area contributed by atoms with Crippen molar-refractivity contribution in [1.82, 2.24) is 4.57 Å². The second-order valence-corrected chi connectivity index (χ2v) is 21.8. The van der Waals surface area contributed by atoms with E-state index in [9.17, 15) is 66.4 Å². The number of pyridine rings is 2. The number of fused-ring (bicyclic) bond motifs is 2. The molecule has 412 valence electrons. The molecule has 0 aliphatic carbocycles. The van der Waals surface area contributed by atoms with Gasteiger partial charge >= 0.3 is 11.4 Å². The number of anilines is 2. The number of hydrogen-bond acceptors (Lipinski definition) is 16. The second kappa shape index (κ2) is 24.5. The van der Waals surface area contributed by atoms with Gasteiger partial charge in [0.2, 0.25) is 0 Å². The Hall–Kier alpha value is -7.69. The van der Waals surface area contributed by atoms with Gasteiger partial charge in [-0.05, 0) is 56.0 Å². The first-order chi connectivity index (χ1) is 37.3. The number of allylic oxidation sites excluding steroid dienone is 2. The third-order valence-corrected chi connectivity index (χ3v) is 15.3. The van der Waals surface area contributed by atoms with Crippen LogP contribution >= 0.6 is 46.4 Å². The van der Waals surface area contributed by atoms with Crippen molar-refractivity contribution < 1.29 is 59.3 Å². The zero-order chi connectivity index (χ0) is 57.7. The van der Waals surface area contributed by atoms with Crippen LogP contribution in [0, 0.1) is 40.5 Å². The number of benzene rings is 4. The molecule has 0 spiro atoms. The standard InChI is InChI=1S/C27H30Cl4N4O6S2.C22H14N6O8/c1-3-32-22-14-18(28)20(30)16-24(22)34(10-6-12-42(36,37)38)26(32)8-5-9-27-33(4-2)23-15-19(29)21(31)17-25(23)35(27)11-7-13-43(39,40)41;29-25(30)17-1-3-19(21(13-17)27(33)34)23-9-5-15(6-10-23)16-7-11-24(12-8-16)20-4-2-18(26(31)32)14-22(20)28(35)36/h5,8-9,14-17H,3-4,6-7,10-13H2,1-2H3,(H-,36,37,38,39,40,41);1-14H/q;+2/p-1. The Bertz CT molecular complexity index is 3750. The molecule has 0 unspecified atom stereocenters. The van der Waals surface area contributed by atoms with Crippen LogP contribution in [0.15, 0.2) is 128 Å². The van der Waals surface area contributed by atoms with Gasteiger partial charge in [0.25, 0.3) is 28.6 Å². The Morgan fingerprint density at radius 3 is 1.47 bits per heavy atom. The lowest BCUT2D eigenvalue weighted by atomic mass is 10.1. The second-order valence-electron chi connectivity index (χ2n) is 17.1. The lowest BCUT2D eigenvalue weighted by molar-refractivity contribution is -0.673. The van der Waals surface area contributed by atoms with Crippen LogP contribution in [0.4, 0.5) is 34.1 Å². The van der Waals surface area contributed by atoms with Crippen molar-refractivity contribution in [2.45, 2.75) is 39.8 Å². The van der Waals surface area contributed by atoms with Gasteiger partial charge in [0.05, 0.1) is 84.5 Å². The zero-order valence-corrected chi connectivity index (χ0v) is 46.0. The number of aromatic nitrogens is 4. The molecule has 0 radical (unpaired) electrons. The lowest BCUT2D eigenvalue weighted by Gasteiger charge is -2.24. The molecular formula is C49H43Cl4N10O14S2+. The van der Waals surface area contributed by atoms with Crippen molar-refractivity contribution in [2.75, 3.05) is 34.4 Å². The first-order valence-electron chi connectivity index (χ1n) is 23.4. The van der Waals surface area contributed by atoms with E-state index in [2.05, 4.69) is 0 Å². The van der Waals surface area contributed by atoms with E-state index in [0.717, 1.165) is 45.7 Å². The number of aryl methyl sites for hydroxylation is 2. The molecule has 30 heteroatoms. The summed E-state index contributed by atoms with van der Waals surface area (Å²) >= 11 is 25.3. The summed E-state index contributed by atoms with van der Waals surface area (Å²) < 4.78 is 74.6. The van der Waals surface area contributed by atoms with Gasteiger partial charge in [-0.1, -0.05) is 52.5 Å². The topological polar surface area (TPSA) is 310 Å². The van der Waals surface area contributed by atoms with Crippen LogP contribution in [0.2, 0.25) is 20.1 Å². The van der Waals surface area contributed by atoms with E-state index in [1.807, 2.05) is 51.0 Å². The van der Waals surface area contributed by atoms with Crippen LogP contribution in [0.5, 0.6) is 0 Å². The molecular weight excluding hydrogens is 1160 g/mol. The van der Waals surface area contributed by atoms with Crippen molar-refractivity contribution in [3.63, 3.8) is 0 Å². The number of nitro groups is 4. The zero-order valence-electron chi connectivity index (χ0n) is 41.3. The quantitative estimate of drug-likeness (QED) is 0.0315. The summed E-state index contributed by atoms with van der Waals surface area (Å²) in [5.41, 5.74) is 3.11. The Morgan fingerprint density at radius 2 is 1.03 bits per heavy atom. The number of nitrogens with zero attached hydrogens (tertiary/aromatic N) is 10. The average molecular weight is 1200 g/mol. The number of non-ortho nitro benzene ring substituents is 2. The van der Waals surface area contributed by atoms with Crippen LogP contribution in [0.25, 0.3) is 39.6 Å². The fraction of sp³-hybridized carbons (Fsp3) is 0.204. The van der Waals surface area contributed by atoms with Gasteiger partial charge in [-0.3, -0.25) is 40.5 Å². The first-order valence-corrected chi connectivity index (χ1v) is 28.1. The minimum Gasteiger partial charge on any atom is -0.748 e. The molecule has 1 aliphatic rings. The van der Waals surface area contributed by atoms with Crippen LogP contribution in [-0.2, 0) is 33.3 Å². The highest BCUT2D eigenvalue weighted by atomic mass is 35.5. The molecule has 8 rings (SSSR count). The van der Waals surface area contributed by atoms with Crippen molar-refractivity contribution in [1.29, 1.82) is 0 Å². The van der Waals surface area contributed by atoms with Gasteiger partial charge < -0.3 is 18.9 Å². The summed E-state index contributed by atoms with van der Waals surface area (Å²) in [6, 6.07) is 20.3. The highest BCUT2D eigenvalue weighted by Gasteiger charge is 2.32. The van der Waals surface area contributed by atoms with E-state index in [4.69, 9.17) is 46.4 Å². The molecule has 0 saturated heterocycles. The molecule has 0 N–H and O–H groups in total. The Morgan fingerprint density at radius 1 is 0.570 bits per heavy atom. The smallest absolute Gasteiger partial charge is 0.347 e. The average Bonchev–Trinajstić information content (AvgIpc) is 3.99. The van der Waals surface area contributed by atoms with Crippen LogP contribution in [0.1, 0.15) is 32.5 Å². The highest BCUT2D eigenvalue weighted by Crippen LogP contribution is 2.46. The maximum absolute atomic E-state index is 11.4. The number of halogens is 4. The summed E-state index contributed by atoms with van der Waals surface area (Å²) in [7, 11) is -8.80. The molecule has 4 heterocycles. The molecule has 0 atom stereocenters. The summed E-state index contributed by atoms with van der Waals surface area (Å²) in [4.78, 5) is 45.8. The van der Waals surface area contributed by atoms with Crippen molar-refractivity contribution >= 4 is 118 Å². The van der Waals surface area contributed by atoms with Gasteiger partial charge in [-0.25, -0.2) is 26.0 Å². The monoisotopic (exact) mass is 1200 g/mol. The van der Waals surface area contributed by atoms with Gasteiger partial charge in [0.15, 0.2) is 35.8 Å². The Kier molecular flexibility index (Phi) is 18.3. The van der Waals surface area contributed by atoms with E-state index in [-0.39, 0.29) is 37.3 Å². The van der Waals surface area contributed by atoms with Crippen LogP contribution < -0.4 is 23.5 Å². The maximum atomic E-state index is 11.4. The minimum atomic E-state index is -4.40. The molecule has 24 nitrogen and oxygen atoms in total. The number of hydrogen-bond donors (Lipinski definition) is 0. The summed E-state index contributed by atoms with van der Waals surface area (Å²) in [6.45, 7) is 5.48. The Labute approximate surface area is 469 Å². The third-order valence-electron chi connectivity index (χ3n) is 12.3. The van der Waals surface area contributed by atoms with E-state index >= 15 is 0 Å². The molecule has 0 bridgehead atoms. The van der Waals surface area contributed by atoms with E-state index in [1.54, 1.807) is 73.3 Å². The maximum Gasteiger partial charge on any atom is 0.347 e. The summed E-state index contributed by atoms with van der Waals surface area (Å²) in [5.74, 6) is 0.390. The Balaban J connectivity index is 0.000000232. The molecule has 0 saturated carbocycles. The minimum absolute atomic E-state index is 0.0956. The number of nitro benzene ring substituents is 4. The molecule has 4 aromatic carbocycles. The molecule has 3 aromatic heterocycles. The summed E-state index contributed by atoms with van der Waals surface area (Å²) in [5, 5.41) is 46.1. The van der Waals surface area contributed by atoms with Gasteiger partial charge in [0.1, 0.15) is 18.0 Å². The predicted molar refractivity (Wildman–Crippen MR) is 292 cm³/mol. The molecule has 79 heavy (non-hydrogen) atoms. The first kappa shape index (κ1) is 59.0. The largest absolute Gasteiger partial charge is 0.748 e. The van der Waals surface area contributed by atoms with Crippen molar-refractivity contribution in [3.05, 3.63) is 194 Å². The van der Waals surface area contributed by atoms with Crippen LogP contribution in [0.3, 0.4) is 0 Å². The van der Waals surface area contributed by atoms with E-state index in [0.29, 0.717) is 44.8 Å². The number of rotatable bonds is 19. The lowest BCUT2D eigenvalue weighted by Crippen LogP contribution is -2.37. The molecule has 1 aliphatic heterocycles. The predicted octanol–water partition coefficient (Wildman–Crippen LogP) is 9.17.